The molecule has 20 heavy (non-hydrogen) atoms. The zero-order valence-electron chi connectivity index (χ0n) is 11.8. The first-order valence-corrected chi connectivity index (χ1v) is 7.64. The van der Waals surface area contributed by atoms with Gasteiger partial charge in [-0.1, -0.05) is 25.5 Å². The number of nitrogens with one attached hydrogen (secondary N) is 2. The average Bonchev–Trinajstić information content (AvgIpc) is 2.45. The Morgan fingerprint density at radius 3 is 2.55 bits per heavy atom. The first kappa shape index (κ1) is 14.8. The molecule has 0 unspecified atom stereocenters. The molecule has 1 heterocycles. The fourth-order valence-electron chi connectivity index (χ4n) is 1.88. The van der Waals surface area contributed by atoms with E-state index in [0.29, 0.717) is 5.95 Å². The molecule has 4 nitrogen and oxygen atoms in total. The lowest BCUT2D eigenvalue weighted by Crippen LogP contribution is -2.04. The third kappa shape index (κ3) is 3.93. The molecule has 0 aliphatic carbocycles. The molecule has 0 aliphatic rings. The number of rotatable bonds is 6. The van der Waals surface area contributed by atoms with Gasteiger partial charge in [0.1, 0.15) is 5.82 Å². The lowest BCUT2D eigenvalue weighted by Gasteiger charge is -2.10. The molecule has 106 valence electrons. The van der Waals surface area contributed by atoms with E-state index < -0.39 is 0 Å². The van der Waals surface area contributed by atoms with Gasteiger partial charge in [-0.15, -0.1) is 0 Å². The highest BCUT2D eigenvalue weighted by atomic mass is 79.9. The molecule has 0 spiro atoms. The van der Waals surface area contributed by atoms with Crippen molar-refractivity contribution < 1.29 is 0 Å². The van der Waals surface area contributed by atoms with Gasteiger partial charge in [0.25, 0.3) is 0 Å². The highest BCUT2D eigenvalue weighted by Gasteiger charge is 2.05. The van der Waals surface area contributed by atoms with E-state index in [2.05, 4.69) is 67.7 Å². The Morgan fingerprint density at radius 2 is 1.90 bits per heavy atom. The zero-order valence-corrected chi connectivity index (χ0v) is 13.4. The monoisotopic (exact) mass is 334 g/mol. The number of anilines is 3. The van der Waals surface area contributed by atoms with Gasteiger partial charge in [0.2, 0.25) is 5.95 Å². The van der Waals surface area contributed by atoms with Crippen LogP contribution >= 0.6 is 15.9 Å². The van der Waals surface area contributed by atoms with Crippen LogP contribution in [0.15, 0.2) is 34.9 Å². The molecule has 2 rings (SSSR count). The Labute approximate surface area is 128 Å². The molecule has 1 aromatic carbocycles. The number of nitrogens with zero attached hydrogens (tertiary/aromatic N) is 2. The molecular weight excluding hydrogens is 316 g/mol. The summed E-state index contributed by atoms with van der Waals surface area (Å²) < 4.78 is 0.844. The number of benzene rings is 1. The standard InChI is InChI=1S/C15H19BrN4/c1-3-5-11-6-8-12(9-7-11)19-14-13(16)10-18-15(20-14)17-4-2/h6-10H,3-5H2,1-2H3,(H2,17,18,19,20). The van der Waals surface area contributed by atoms with Gasteiger partial charge in [-0.25, -0.2) is 4.98 Å². The Kier molecular flexibility index (Phi) is 5.35. The molecule has 0 saturated carbocycles. The fourth-order valence-corrected chi connectivity index (χ4v) is 2.17. The highest BCUT2D eigenvalue weighted by molar-refractivity contribution is 9.10. The molecule has 0 saturated heterocycles. The van der Waals surface area contributed by atoms with E-state index in [-0.39, 0.29) is 0 Å². The molecule has 0 aliphatic heterocycles. The van der Waals surface area contributed by atoms with E-state index in [9.17, 15) is 0 Å². The number of halogens is 1. The Balaban J connectivity index is 2.14. The topological polar surface area (TPSA) is 49.8 Å². The molecule has 0 atom stereocenters. The summed E-state index contributed by atoms with van der Waals surface area (Å²) in [5, 5.41) is 6.41. The molecule has 0 radical (unpaired) electrons. The van der Waals surface area contributed by atoms with Gasteiger partial charge in [-0.3, -0.25) is 0 Å². The van der Waals surface area contributed by atoms with Crippen molar-refractivity contribution in [3.05, 3.63) is 40.5 Å². The number of hydrogen-bond acceptors (Lipinski definition) is 4. The maximum absolute atomic E-state index is 4.44. The van der Waals surface area contributed by atoms with Crippen molar-refractivity contribution in [2.75, 3.05) is 17.2 Å². The van der Waals surface area contributed by atoms with Crippen LogP contribution in [0.25, 0.3) is 0 Å². The number of hydrogen-bond donors (Lipinski definition) is 2. The lowest BCUT2D eigenvalue weighted by molar-refractivity contribution is 0.922. The molecule has 2 N–H and O–H groups in total. The van der Waals surface area contributed by atoms with Crippen LogP contribution in [0, 0.1) is 0 Å². The molecule has 0 fully saturated rings. The molecular formula is C15H19BrN4. The van der Waals surface area contributed by atoms with Crippen molar-refractivity contribution >= 4 is 33.4 Å². The summed E-state index contributed by atoms with van der Waals surface area (Å²) in [5.74, 6) is 1.39. The summed E-state index contributed by atoms with van der Waals surface area (Å²) >= 11 is 3.46. The van der Waals surface area contributed by atoms with Gasteiger partial charge >= 0.3 is 0 Å². The number of aromatic nitrogens is 2. The van der Waals surface area contributed by atoms with Crippen molar-refractivity contribution in [3.8, 4) is 0 Å². The van der Waals surface area contributed by atoms with Crippen molar-refractivity contribution in [2.45, 2.75) is 26.7 Å². The molecule has 5 heteroatoms. The van der Waals surface area contributed by atoms with E-state index in [1.807, 2.05) is 6.92 Å². The lowest BCUT2D eigenvalue weighted by atomic mass is 10.1. The van der Waals surface area contributed by atoms with Crippen LogP contribution < -0.4 is 10.6 Å². The predicted octanol–water partition coefficient (Wildman–Crippen LogP) is 4.37. The first-order chi connectivity index (χ1) is 9.72. The fraction of sp³-hybridized carbons (Fsp3) is 0.333. The van der Waals surface area contributed by atoms with Gasteiger partial charge in [0, 0.05) is 18.4 Å². The first-order valence-electron chi connectivity index (χ1n) is 6.85. The van der Waals surface area contributed by atoms with Gasteiger partial charge in [0.05, 0.1) is 4.47 Å². The van der Waals surface area contributed by atoms with Crippen LogP contribution in [0.1, 0.15) is 25.8 Å². The van der Waals surface area contributed by atoms with Crippen molar-refractivity contribution in [1.82, 2.24) is 9.97 Å². The number of aryl methyl sites for hydroxylation is 1. The summed E-state index contributed by atoms with van der Waals surface area (Å²) in [6.07, 6.45) is 4.02. The second-order valence-electron chi connectivity index (χ2n) is 4.49. The maximum atomic E-state index is 4.44. The summed E-state index contributed by atoms with van der Waals surface area (Å²) in [5.41, 5.74) is 2.37. The van der Waals surface area contributed by atoms with Gasteiger partial charge < -0.3 is 10.6 Å². The van der Waals surface area contributed by atoms with Gasteiger partial charge in [-0.05, 0) is 47.0 Å². The Hall–Kier alpha value is -1.62. The zero-order chi connectivity index (χ0) is 14.4. The van der Waals surface area contributed by atoms with E-state index >= 15 is 0 Å². The predicted molar refractivity (Wildman–Crippen MR) is 87.6 cm³/mol. The van der Waals surface area contributed by atoms with Crippen LogP contribution in [0.4, 0.5) is 17.5 Å². The molecule has 0 bridgehead atoms. The smallest absolute Gasteiger partial charge is 0.224 e. The third-order valence-corrected chi connectivity index (χ3v) is 3.41. The van der Waals surface area contributed by atoms with E-state index in [1.54, 1.807) is 6.20 Å². The second-order valence-corrected chi connectivity index (χ2v) is 5.35. The quantitative estimate of drug-likeness (QED) is 0.823. The second kappa shape index (κ2) is 7.24. The Morgan fingerprint density at radius 1 is 1.15 bits per heavy atom. The Bertz CT molecular complexity index is 554. The van der Waals surface area contributed by atoms with Crippen molar-refractivity contribution in [1.29, 1.82) is 0 Å². The summed E-state index contributed by atoms with van der Waals surface area (Å²) in [6.45, 7) is 5.00. The minimum atomic E-state index is 0.626. The van der Waals surface area contributed by atoms with Crippen LogP contribution in [0.2, 0.25) is 0 Å². The van der Waals surface area contributed by atoms with Crippen LogP contribution in [0.3, 0.4) is 0 Å². The van der Waals surface area contributed by atoms with Crippen molar-refractivity contribution in [3.63, 3.8) is 0 Å². The van der Waals surface area contributed by atoms with Crippen LogP contribution in [-0.2, 0) is 6.42 Å². The average molecular weight is 335 g/mol. The molecule has 1 aromatic heterocycles. The normalized spacial score (nSPS) is 10.3. The van der Waals surface area contributed by atoms with E-state index in [4.69, 9.17) is 0 Å². The SMILES string of the molecule is CCCc1ccc(Nc2nc(NCC)ncc2Br)cc1. The molecule has 2 aromatic rings. The third-order valence-electron chi connectivity index (χ3n) is 2.83. The van der Waals surface area contributed by atoms with E-state index in [0.717, 1.165) is 35.4 Å². The highest BCUT2D eigenvalue weighted by Crippen LogP contribution is 2.24. The largest absolute Gasteiger partial charge is 0.354 e. The van der Waals surface area contributed by atoms with Crippen LogP contribution in [-0.4, -0.2) is 16.5 Å². The van der Waals surface area contributed by atoms with Gasteiger partial charge in [-0.2, -0.15) is 4.98 Å². The van der Waals surface area contributed by atoms with Crippen molar-refractivity contribution in [2.24, 2.45) is 0 Å². The summed E-state index contributed by atoms with van der Waals surface area (Å²) in [7, 11) is 0. The summed E-state index contributed by atoms with van der Waals surface area (Å²) in [4.78, 5) is 8.64. The maximum Gasteiger partial charge on any atom is 0.224 e. The minimum Gasteiger partial charge on any atom is -0.354 e. The molecule has 0 amide bonds. The van der Waals surface area contributed by atoms with Gasteiger partial charge in [0.15, 0.2) is 0 Å². The minimum absolute atomic E-state index is 0.626. The van der Waals surface area contributed by atoms with E-state index in [1.165, 1.54) is 5.56 Å². The summed E-state index contributed by atoms with van der Waals surface area (Å²) in [6, 6.07) is 8.44. The van der Waals surface area contributed by atoms with Crippen LogP contribution in [0.5, 0.6) is 0 Å².